The van der Waals surface area contributed by atoms with Gasteiger partial charge in [-0.1, -0.05) is 0 Å². The van der Waals surface area contributed by atoms with E-state index in [2.05, 4.69) is 4.18 Å². The van der Waals surface area contributed by atoms with Crippen LogP contribution in [-0.4, -0.2) is 15.0 Å². The molecule has 0 amide bonds. The van der Waals surface area contributed by atoms with Crippen LogP contribution in [-0.2, 0) is 14.3 Å². The minimum Gasteiger partial charge on any atom is -0.270 e. The molecule has 1 heterocycles. The highest BCUT2D eigenvalue weighted by Crippen LogP contribution is 2.11. The molecule has 0 aromatic heterocycles. The third kappa shape index (κ3) is 1.45. The SMILES string of the molecule is O=S1(=O)[CH]CCCO1. The quantitative estimate of drug-likeness (QED) is 0.448. The first-order valence-electron chi connectivity index (χ1n) is 2.43. The van der Waals surface area contributed by atoms with Crippen molar-refractivity contribution in [1.29, 1.82) is 0 Å². The zero-order valence-electron chi connectivity index (χ0n) is 4.33. The molecular formula is C4H7O3S. The fraction of sp³-hybridized carbons (Fsp3) is 0.750. The molecule has 0 bridgehead atoms. The number of hydrogen-bond acceptors (Lipinski definition) is 3. The summed E-state index contributed by atoms with van der Waals surface area (Å²) in [5.74, 6) is 1.20. The molecule has 0 aliphatic carbocycles. The maximum Gasteiger partial charge on any atom is 0.271 e. The van der Waals surface area contributed by atoms with E-state index in [0.717, 1.165) is 6.42 Å². The van der Waals surface area contributed by atoms with Gasteiger partial charge in [0, 0.05) is 0 Å². The summed E-state index contributed by atoms with van der Waals surface area (Å²) in [7, 11) is -3.21. The van der Waals surface area contributed by atoms with Crippen LogP contribution in [0.4, 0.5) is 0 Å². The Morgan fingerprint density at radius 3 is 2.50 bits per heavy atom. The molecule has 0 unspecified atom stereocenters. The predicted octanol–water partition coefficient (Wildman–Crippen LogP) is 0.288. The van der Waals surface area contributed by atoms with Crippen molar-refractivity contribution in [2.24, 2.45) is 0 Å². The third-order valence-electron chi connectivity index (χ3n) is 0.918. The lowest BCUT2D eigenvalue weighted by molar-refractivity contribution is 0.300. The second-order valence-electron chi connectivity index (χ2n) is 1.62. The monoisotopic (exact) mass is 135 g/mol. The van der Waals surface area contributed by atoms with Gasteiger partial charge in [-0.15, -0.1) is 0 Å². The van der Waals surface area contributed by atoms with Crippen LogP contribution in [0, 0.1) is 5.75 Å². The molecule has 1 radical (unpaired) electrons. The van der Waals surface area contributed by atoms with E-state index in [1.165, 1.54) is 5.75 Å². The van der Waals surface area contributed by atoms with E-state index in [9.17, 15) is 8.42 Å². The molecule has 1 aliphatic rings. The van der Waals surface area contributed by atoms with Gasteiger partial charge in [-0.25, -0.2) is 0 Å². The molecule has 0 N–H and O–H groups in total. The highest BCUT2D eigenvalue weighted by atomic mass is 32.2. The summed E-state index contributed by atoms with van der Waals surface area (Å²) in [6.45, 7) is 0.346. The molecular weight excluding hydrogens is 128 g/mol. The first-order valence-corrected chi connectivity index (χ1v) is 3.90. The van der Waals surface area contributed by atoms with Crippen molar-refractivity contribution in [2.45, 2.75) is 12.8 Å². The van der Waals surface area contributed by atoms with Crippen LogP contribution in [0.2, 0.25) is 0 Å². The topological polar surface area (TPSA) is 43.4 Å². The average Bonchev–Trinajstić information content (AvgIpc) is 1.65. The molecule has 4 heteroatoms. The predicted molar refractivity (Wildman–Crippen MR) is 28.4 cm³/mol. The summed E-state index contributed by atoms with van der Waals surface area (Å²) >= 11 is 0. The minimum atomic E-state index is -3.21. The lowest BCUT2D eigenvalue weighted by atomic mass is 10.4. The van der Waals surface area contributed by atoms with Gasteiger partial charge in [0.2, 0.25) is 0 Å². The molecule has 1 fully saturated rings. The van der Waals surface area contributed by atoms with Gasteiger partial charge in [-0.05, 0) is 12.8 Å². The van der Waals surface area contributed by atoms with Crippen molar-refractivity contribution in [3.8, 4) is 0 Å². The van der Waals surface area contributed by atoms with Crippen LogP contribution in [0.1, 0.15) is 12.8 Å². The fourth-order valence-electron chi connectivity index (χ4n) is 0.534. The normalized spacial score (nSPS) is 27.5. The van der Waals surface area contributed by atoms with Crippen molar-refractivity contribution < 1.29 is 12.6 Å². The van der Waals surface area contributed by atoms with E-state index in [1.807, 2.05) is 0 Å². The van der Waals surface area contributed by atoms with Gasteiger partial charge in [0.25, 0.3) is 10.1 Å². The maximum absolute atomic E-state index is 10.4. The molecule has 8 heavy (non-hydrogen) atoms. The van der Waals surface area contributed by atoms with Crippen LogP contribution in [0.15, 0.2) is 0 Å². The summed E-state index contributed by atoms with van der Waals surface area (Å²) in [6.07, 6.45) is 1.45. The first-order chi connectivity index (χ1) is 3.71. The molecule has 0 saturated carbocycles. The lowest BCUT2D eigenvalue weighted by Gasteiger charge is -2.08. The number of rotatable bonds is 0. The zero-order chi connectivity index (χ0) is 6.04. The van der Waals surface area contributed by atoms with E-state index >= 15 is 0 Å². The average molecular weight is 135 g/mol. The Labute approximate surface area is 48.8 Å². The van der Waals surface area contributed by atoms with Crippen LogP contribution in [0.5, 0.6) is 0 Å². The summed E-state index contributed by atoms with van der Waals surface area (Å²) in [5, 5.41) is 0. The Hall–Kier alpha value is -0.0900. The van der Waals surface area contributed by atoms with Crippen LogP contribution < -0.4 is 0 Å². The van der Waals surface area contributed by atoms with E-state index < -0.39 is 10.1 Å². The third-order valence-corrected chi connectivity index (χ3v) is 2.06. The smallest absolute Gasteiger partial charge is 0.270 e. The highest BCUT2D eigenvalue weighted by molar-refractivity contribution is 7.88. The van der Waals surface area contributed by atoms with Crippen molar-refractivity contribution in [3.63, 3.8) is 0 Å². The zero-order valence-corrected chi connectivity index (χ0v) is 5.15. The molecule has 47 valence electrons. The van der Waals surface area contributed by atoms with Gasteiger partial charge in [0.1, 0.15) is 5.75 Å². The first kappa shape index (κ1) is 6.04. The van der Waals surface area contributed by atoms with Crippen molar-refractivity contribution in [2.75, 3.05) is 6.61 Å². The van der Waals surface area contributed by atoms with Crippen molar-refractivity contribution in [1.82, 2.24) is 0 Å². The van der Waals surface area contributed by atoms with Crippen LogP contribution >= 0.6 is 0 Å². The van der Waals surface area contributed by atoms with Crippen LogP contribution in [0.3, 0.4) is 0 Å². The van der Waals surface area contributed by atoms with E-state index in [-0.39, 0.29) is 0 Å². The molecule has 0 spiro atoms. The Bertz CT molecular complexity index is 146. The van der Waals surface area contributed by atoms with Gasteiger partial charge in [-0.3, -0.25) is 4.18 Å². The lowest BCUT2D eigenvalue weighted by Crippen LogP contribution is -2.12. The second kappa shape index (κ2) is 2.03. The van der Waals surface area contributed by atoms with Gasteiger partial charge in [-0.2, -0.15) is 8.42 Å². The Morgan fingerprint density at radius 1 is 1.50 bits per heavy atom. The van der Waals surface area contributed by atoms with Crippen LogP contribution in [0.25, 0.3) is 0 Å². The molecule has 1 rings (SSSR count). The maximum atomic E-state index is 10.4. The molecule has 0 atom stereocenters. The van der Waals surface area contributed by atoms with Crippen molar-refractivity contribution in [3.05, 3.63) is 5.75 Å². The van der Waals surface area contributed by atoms with E-state index in [1.54, 1.807) is 0 Å². The second-order valence-corrected chi connectivity index (χ2v) is 3.18. The number of hydrogen-bond donors (Lipinski definition) is 0. The van der Waals surface area contributed by atoms with Gasteiger partial charge in [0.05, 0.1) is 6.61 Å². The van der Waals surface area contributed by atoms with Gasteiger partial charge >= 0.3 is 0 Å². The van der Waals surface area contributed by atoms with E-state index in [0.29, 0.717) is 13.0 Å². The van der Waals surface area contributed by atoms with Gasteiger partial charge < -0.3 is 0 Å². The fourth-order valence-corrected chi connectivity index (χ4v) is 1.44. The highest BCUT2D eigenvalue weighted by Gasteiger charge is 2.15. The Kier molecular flexibility index (Phi) is 1.53. The standard InChI is InChI=1S/C4H7O3S/c5-8(6)4-2-1-3-7-8/h4H,1-3H2. The summed E-state index contributed by atoms with van der Waals surface area (Å²) in [6, 6.07) is 0. The molecule has 1 aliphatic heterocycles. The largest absolute Gasteiger partial charge is 0.271 e. The minimum absolute atomic E-state index is 0.346. The Morgan fingerprint density at radius 2 is 2.25 bits per heavy atom. The summed E-state index contributed by atoms with van der Waals surface area (Å²) in [4.78, 5) is 0. The molecule has 1 saturated heterocycles. The molecule has 0 aromatic rings. The summed E-state index contributed by atoms with van der Waals surface area (Å²) < 4.78 is 25.1. The molecule has 3 nitrogen and oxygen atoms in total. The summed E-state index contributed by atoms with van der Waals surface area (Å²) in [5.41, 5.74) is 0. The molecule has 0 aromatic carbocycles. The van der Waals surface area contributed by atoms with Crippen molar-refractivity contribution >= 4 is 10.1 Å². The van der Waals surface area contributed by atoms with Gasteiger partial charge in [0.15, 0.2) is 0 Å². The Balaban J connectivity index is 2.58. The van der Waals surface area contributed by atoms with E-state index in [4.69, 9.17) is 0 Å².